The highest BCUT2D eigenvalue weighted by molar-refractivity contribution is 6.40. The summed E-state index contributed by atoms with van der Waals surface area (Å²) in [6.45, 7) is 0. The number of rotatable bonds is 3. The first-order valence-corrected chi connectivity index (χ1v) is 8.78. The Labute approximate surface area is 133 Å². The molecule has 0 atom stereocenters. The quantitative estimate of drug-likeness (QED) is 0.627. The average Bonchev–Trinajstić information content (AvgIpc) is 2.78. The van der Waals surface area contributed by atoms with Crippen molar-refractivity contribution in [2.45, 2.75) is 70.1 Å². The number of hydrazone groups is 1. The molecule has 1 aromatic rings. The largest absolute Gasteiger partial charge is 0.293 e. The van der Waals surface area contributed by atoms with E-state index in [4.69, 9.17) is 0 Å². The van der Waals surface area contributed by atoms with E-state index in [0.717, 1.165) is 37.3 Å². The van der Waals surface area contributed by atoms with Crippen LogP contribution in [-0.2, 0) is 4.79 Å². The van der Waals surface area contributed by atoms with E-state index in [1.165, 1.54) is 37.7 Å². The maximum atomic E-state index is 11.9. The summed E-state index contributed by atoms with van der Waals surface area (Å²) >= 11 is 0. The number of hydrogen-bond donors (Lipinski definition) is 1. The molecule has 0 saturated heterocycles. The zero-order valence-electron chi connectivity index (χ0n) is 13.3. The van der Waals surface area contributed by atoms with Gasteiger partial charge in [-0.3, -0.25) is 10.2 Å². The van der Waals surface area contributed by atoms with Crippen LogP contribution in [0.25, 0.3) is 0 Å². The molecule has 0 aromatic heterocycles. The summed E-state index contributed by atoms with van der Waals surface area (Å²) in [5.74, 6) is 0.946. The molecule has 3 rings (SSSR count). The summed E-state index contributed by atoms with van der Waals surface area (Å²) in [6, 6.07) is 8.62. The van der Waals surface area contributed by atoms with Crippen LogP contribution in [-0.4, -0.2) is 11.5 Å². The summed E-state index contributed by atoms with van der Waals surface area (Å²) in [7, 11) is 0. The maximum absolute atomic E-state index is 11.9. The summed E-state index contributed by atoms with van der Waals surface area (Å²) in [6.07, 6.45) is 11.4. The normalized spacial score (nSPS) is 22.5. The first-order chi connectivity index (χ1) is 10.8. The second kappa shape index (κ2) is 7.57. The Bertz CT molecular complexity index is 527. The zero-order chi connectivity index (χ0) is 15.2. The fraction of sp³-hybridized carbons (Fsp3) is 0.579. The second-order valence-electron chi connectivity index (χ2n) is 6.61. The van der Waals surface area contributed by atoms with Gasteiger partial charge in [0.25, 0.3) is 0 Å². The van der Waals surface area contributed by atoms with Crippen LogP contribution in [0.4, 0.5) is 5.69 Å². The molecular formula is C19H26N2O. The summed E-state index contributed by atoms with van der Waals surface area (Å²) in [5.41, 5.74) is 6.21. The van der Waals surface area contributed by atoms with E-state index in [9.17, 15) is 4.79 Å². The number of anilines is 1. The Morgan fingerprint density at radius 1 is 0.864 bits per heavy atom. The highest BCUT2D eigenvalue weighted by Crippen LogP contribution is 2.32. The molecule has 118 valence electrons. The molecule has 2 saturated carbocycles. The van der Waals surface area contributed by atoms with Gasteiger partial charge < -0.3 is 0 Å². The molecule has 22 heavy (non-hydrogen) atoms. The molecule has 0 bridgehead atoms. The molecule has 1 N–H and O–H groups in total. The third-order valence-electron chi connectivity index (χ3n) is 4.95. The molecule has 0 radical (unpaired) electrons. The summed E-state index contributed by atoms with van der Waals surface area (Å²) in [4.78, 5) is 11.9. The van der Waals surface area contributed by atoms with Crippen LogP contribution in [0.5, 0.6) is 0 Å². The number of ketones is 1. The van der Waals surface area contributed by atoms with Crippen LogP contribution in [0, 0.1) is 0 Å². The molecule has 0 spiro atoms. The van der Waals surface area contributed by atoms with Crippen molar-refractivity contribution in [2.24, 2.45) is 5.10 Å². The van der Waals surface area contributed by atoms with Crippen LogP contribution >= 0.6 is 0 Å². The zero-order valence-corrected chi connectivity index (χ0v) is 13.3. The number of nitrogens with one attached hydrogen (secondary N) is 1. The smallest absolute Gasteiger partial charge is 0.178 e. The summed E-state index contributed by atoms with van der Waals surface area (Å²) in [5, 5.41) is 4.35. The van der Waals surface area contributed by atoms with Crippen LogP contribution < -0.4 is 5.43 Å². The van der Waals surface area contributed by atoms with Gasteiger partial charge in [-0.1, -0.05) is 37.8 Å². The van der Waals surface area contributed by atoms with Crippen molar-refractivity contribution in [2.75, 3.05) is 5.43 Å². The van der Waals surface area contributed by atoms with E-state index < -0.39 is 0 Å². The van der Waals surface area contributed by atoms with Crippen molar-refractivity contribution in [1.82, 2.24) is 0 Å². The van der Waals surface area contributed by atoms with E-state index in [2.05, 4.69) is 34.8 Å². The summed E-state index contributed by atoms with van der Waals surface area (Å²) < 4.78 is 0. The van der Waals surface area contributed by atoms with Crippen molar-refractivity contribution in [3.63, 3.8) is 0 Å². The Hall–Kier alpha value is -1.64. The lowest BCUT2D eigenvalue weighted by atomic mass is 9.84. The third kappa shape index (κ3) is 3.96. The van der Waals surface area contributed by atoms with Crippen molar-refractivity contribution in [1.29, 1.82) is 0 Å². The third-order valence-corrected chi connectivity index (χ3v) is 4.95. The minimum absolute atomic E-state index is 0.212. The average molecular weight is 298 g/mol. The first-order valence-electron chi connectivity index (χ1n) is 8.78. The highest BCUT2D eigenvalue weighted by atomic mass is 16.1. The molecular weight excluding hydrogens is 272 g/mol. The first kappa shape index (κ1) is 15.3. The van der Waals surface area contributed by atoms with Gasteiger partial charge in [-0.15, -0.1) is 0 Å². The number of Topliss-reactive ketones (excluding diaryl/α,β-unsaturated/α-hetero) is 1. The molecule has 2 fully saturated rings. The van der Waals surface area contributed by atoms with Gasteiger partial charge in [0, 0.05) is 6.42 Å². The molecule has 0 heterocycles. The highest BCUT2D eigenvalue weighted by Gasteiger charge is 2.16. The maximum Gasteiger partial charge on any atom is 0.178 e. The minimum Gasteiger partial charge on any atom is -0.293 e. The number of carbonyl (C=O) groups excluding carboxylic acids is 1. The van der Waals surface area contributed by atoms with E-state index in [1.54, 1.807) is 0 Å². The molecule has 3 heteroatoms. The Kier molecular flexibility index (Phi) is 5.25. The van der Waals surface area contributed by atoms with Crippen LogP contribution in [0.3, 0.4) is 0 Å². The SMILES string of the molecule is O=C1CCCCC/C1=N\Nc1ccc(C2CCCCC2)cc1. The lowest BCUT2D eigenvalue weighted by Gasteiger charge is -2.22. The molecule has 1 aromatic carbocycles. The monoisotopic (exact) mass is 298 g/mol. The Morgan fingerprint density at radius 2 is 1.55 bits per heavy atom. The number of carbonyl (C=O) groups is 1. The van der Waals surface area contributed by atoms with Gasteiger partial charge in [-0.25, -0.2) is 0 Å². The van der Waals surface area contributed by atoms with E-state index >= 15 is 0 Å². The van der Waals surface area contributed by atoms with Gasteiger partial charge in [0.15, 0.2) is 5.78 Å². The van der Waals surface area contributed by atoms with Gasteiger partial charge in [0.1, 0.15) is 5.71 Å². The van der Waals surface area contributed by atoms with Crippen LogP contribution in [0.1, 0.15) is 75.7 Å². The lowest BCUT2D eigenvalue weighted by molar-refractivity contribution is -0.113. The van der Waals surface area contributed by atoms with Crippen molar-refractivity contribution < 1.29 is 4.79 Å². The molecule has 0 amide bonds. The predicted octanol–water partition coefficient (Wildman–Crippen LogP) is 5.04. The topological polar surface area (TPSA) is 41.5 Å². The second-order valence-corrected chi connectivity index (χ2v) is 6.61. The van der Waals surface area contributed by atoms with Crippen molar-refractivity contribution in [3.05, 3.63) is 29.8 Å². The standard InChI is InChI=1S/C19H26N2O/c22-19-10-6-2-5-9-18(19)21-20-17-13-11-16(12-14-17)15-7-3-1-4-8-15/h11-15,20H,1-10H2/b21-18+. The van der Waals surface area contributed by atoms with Gasteiger partial charge >= 0.3 is 0 Å². The van der Waals surface area contributed by atoms with Crippen LogP contribution in [0.2, 0.25) is 0 Å². The molecule has 2 aliphatic rings. The molecule has 2 aliphatic carbocycles. The number of benzene rings is 1. The molecule has 0 unspecified atom stereocenters. The number of nitrogens with zero attached hydrogens (tertiary/aromatic N) is 1. The number of hydrogen-bond acceptors (Lipinski definition) is 3. The van der Waals surface area contributed by atoms with Gasteiger partial charge in [0.05, 0.1) is 5.69 Å². The van der Waals surface area contributed by atoms with Gasteiger partial charge in [-0.05, 0) is 55.7 Å². The van der Waals surface area contributed by atoms with Gasteiger partial charge in [-0.2, -0.15) is 5.10 Å². The Morgan fingerprint density at radius 3 is 2.32 bits per heavy atom. The minimum atomic E-state index is 0.212. The van der Waals surface area contributed by atoms with E-state index in [-0.39, 0.29) is 5.78 Å². The van der Waals surface area contributed by atoms with E-state index in [1.807, 2.05) is 0 Å². The Balaban J connectivity index is 1.61. The van der Waals surface area contributed by atoms with Gasteiger partial charge in [0.2, 0.25) is 0 Å². The molecule has 0 aliphatic heterocycles. The van der Waals surface area contributed by atoms with Crippen molar-refractivity contribution >= 4 is 17.2 Å². The van der Waals surface area contributed by atoms with Crippen molar-refractivity contribution in [3.8, 4) is 0 Å². The van der Waals surface area contributed by atoms with E-state index in [0.29, 0.717) is 12.1 Å². The lowest BCUT2D eigenvalue weighted by Crippen LogP contribution is -2.13. The predicted molar refractivity (Wildman–Crippen MR) is 91.4 cm³/mol. The molecule has 3 nitrogen and oxygen atoms in total. The fourth-order valence-corrected chi connectivity index (χ4v) is 3.55. The van der Waals surface area contributed by atoms with Crippen LogP contribution in [0.15, 0.2) is 29.4 Å². The fourth-order valence-electron chi connectivity index (χ4n) is 3.55.